The summed E-state index contributed by atoms with van der Waals surface area (Å²) in [7, 11) is 0. The number of carbonyl (C=O) groups excluding carboxylic acids is 1. The number of hydrogen-bond acceptors (Lipinski definition) is 1. The van der Waals surface area contributed by atoms with Crippen LogP contribution in [-0.4, -0.2) is 5.91 Å². The van der Waals surface area contributed by atoms with Crippen LogP contribution in [0.4, 0.5) is 14.5 Å². The summed E-state index contributed by atoms with van der Waals surface area (Å²) in [5.41, 5.74) is 0.819. The molecule has 0 heterocycles. The zero-order valence-electron chi connectivity index (χ0n) is 10.5. The molecule has 0 spiro atoms. The van der Waals surface area contributed by atoms with Gasteiger partial charge in [0.05, 0.1) is 10.7 Å². The fraction of sp³-hybridized carbons (Fsp3) is 0.133. The average molecular weight is 296 g/mol. The van der Waals surface area contributed by atoms with Gasteiger partial charge in [0.25, 0.3) is 0 Å². The Hall–Kier alpha value is -1.94. The van der Waals surface area contributed by atoms with E-state index in [-0.39, 0.29) is 29.6 Å². The number of rotatable bonds is 4. The highest BCUT2D eigenvalue weighted by atomic mass is 35.5. The maximum atomic E-state index is 13.4. The predicted octanol–water partition coefficient (Wildman–Crippen LogP) is 4.19. The number of anilines is 1. The molecule has 1 amide bonds. The van der Waals surface area contributed by atoms with E-state index in [1.54, 1.807) is 18.2 Å². The molecule has 0 saturated heterocycles. The van der Waals surface area contributed by atoms with Crippen molar-refractivity contribution >= 4 is 23.2 Å². The van der Waals surface area contributed by atoms with Crippen LogP contribution in [0.25, 0.3) is 0 Å². The minimum Gasteiger partial charge on any atom is -0.325 e. The van der Waals surface area contributed by atoms with Crippen LogP contribution in [0.15, 0.2) is 42.5 Å². The second kappa shape index (κ2) is 6.48. The molecule has 0 fully saturated rings. The quantitative estimate of drug-likeness (QED) is 0.900. The minimum absolute atomic E-state index is 0.120. The second-order valence-electron chi connectivity index (χ2n) is 4.26. The molecule has 5 heteroatoms. The van der Waals surface area contributed by atoms with Crippen LogP contribution in [0.1, 0.15) is 12.0 Å². The summed E-state index contributed by atoms with van der Waals surface area (Å²) in [5.74, 6) is -1.11. The number of amides is 1. The lowest BCUT2D eigenvalue weighted by Gasteiger charge is -2.07. The summed E-state index contributed by atoms with van der Waals surface area (Å²) in [6, 6.07) is 10.0. The van der Waals surface area contributed by atoms with Crippen molar-refractivity contribution < 1.29 is 13.6 Å². The molecule has 0 aliphatic heterocycles. The van der Waals surface area contributed by atoms with E-state index in [9.17, 15) is 13.6 Å². The lowest BCUT2D eigenvalue weighted by atomic mass is 10.1. The van der Waals surface area contributed by atoms with Gasteiger partial charge in [0.2, 0.25) is 5.91 Å². The molecule has 0 radical (unpaired) electrons. The van der Waals surface area contributed by atoms with Gasteiger partial charge in [-0.25, -0.2) is 8.78 Å². The summed E-state index contributed by atoms with van der Waals surface area (Å²) in [5, 5.41) is 2.70. The van der Waals surface area contributed by atoms with Crippen molar-refractivity contribution in [2.45, 2.75) is 12.8 Å². The van der Waals surface area contributed by atoms with Crippen LogP contribution >= 0.6 is 11.6 Å². The van der Waals surface area contributed by atoms with Crippen LogP contribution in [-0.2, 0) is 11.2 Å². The Kier molecular flexibility index (Phi) is 4.69. The van der Waals surface area contributed by atoms with E-state index >= 15 is 0 Å². The Bertz CT molecular complexity index is 631. The molecule has 104 valence electrons. The third-order valence-electron chi connectivity index (χ3n) is 2.78. The van der Waals surface area contributed by atoms with Crippen LogP contribution in [0.5, 0.6) is 0 Å². The third-order valence-corrected chi connectivity index (χ3v) is 3.10. The van der Waals surface area contributed by atoms with Gasteiger partial charge in [0, 0.05) is 6.42 Å². The van der Waals surface area contributed by atoms with Gasteiger partial charge in [-0.15, -0.1) is 0 Å². The van der Waals surface area contributed by atoms with Crippen LogP contribution in [0.2, 0.25) is 5.02 Å². The number of nitrogens with one attached hydrogen (secondary N) is 1. The standard InChI is InChI=1S/C15H12ClF2NO/c16-12-9-11(17)6-7-14(12)19-15(20)8-5-10-3-1-2-4-13(10)18/h1-4,6-7,9H,5,8H2,(H,19,20). The summed E-state index contributed by atoms with van der Waals surface area (Å²) < 4.78 is 26.2. The number of hydrogen-bond donors (Lipinski definition) is 1. The number of aryl methyl sites for hydroxylation is 1. The van der Waals surface area contributed by atoms with Crippen molar-refractivity contribution in [3.8, 4) is 0 Å². The largest absolute Gasteiger partial charge is 0.325 e. The van der Waals surface area contributed by atoms with Gasteiger partial charge in [-0.05, 0) is 36.2 Å². The third kappa shape index (κ3) is 3.78. The molecule has 0 aliphatic carbocycles. The van der Waals surface area contributed by atoms with Gasteiger partial charge in [0.1, 0.15) is 11.6 Å². The molecule has 2 rings (SSSR count). The Balaban J connectivity index is 1.94. The molecule has 0 atom stereocenters. The van der Waals surface area contributed by atoms with Gasteiger partial charge in [-0.3, -0.25) is 4.79 Å². The first-order chi connectivity index (χ1) is 9.56. The Morgan fingerprint density at radius 1 is 1.15 bits per heavy atom. The van der Waals surface area contributed by atoms with E-state index in [0.29, 0.717) is 11.3 Å². The molecular weight excluding hydrogens is 284 g/mol. The summed E-state index contributed by atoms with van der Waals surface area (Å²) in [4.78, 5) is 11.7. The average Bonchev–Trinajstić information content (AvgIpc) is 2.41. The van der Waals surface area contributed by atoms with Crippen molar-refractivity contribution in [3.63, 3.8) is 0 Å². The maximum absolute atomic E-state index is 13.4. The summed E-state index contributed by atoms with van der Waals surface area (Å²) >= 11 is 5.80. The fourth-order valence-electron chi connectivity index (χ4n) is 1.75. The van der Waals surface area contributed by atoms with Crippen molar-refractivity contribution in [1.29, 1.82) is 0 Å². The molecule has 2 nitrogen and oxygen atoms in total. The van der Waals surface area contributed by atoms with Gasteiger partial charge < -0.3 is 5.32 Å². The SMILES string of the molecule is O=C(CCc1ccccc1F)Nc1ccc(F)cc1Cl. The lowest BCUT2D eigenvalue weighted by molar-refractivity contribution is -0.116. The van der Waals surface area contributed by atoms with E-state index in [4.69, 9.17) is 11.6 Å². The summed E-state index contributed by atoms with van der Waals surface area (Å²) in [6.45, 7) is 0. The molecule has 0 bridgehead atoms. The normalized spacial score (nSPS) is 10.3. The Morgan fingerprint density at radius 2 is 1.90 bits per heavy atom. The van der Waals surface area contributed by atoms with Crippen molar-refractivity contribution in [1.82, 2.24) is 0 Å². The molecule has 0 aliphatic rings. The summed E-state index contributed by atoms with van der Waals surface area (Å²) in [6.07, 6.45) is 0.409. The van der Waals surface area contributed by atoms with E-state index in [1.807, 2.05) is 0 Å². The molecule has 0 unspecified atom stereocenters. The topological polar surface area (TPSA) is 29.1 Å². The lowest BCUT2D eigenvalue weighted by Crippen LogP contribution is -2.13. The van der Waals surface area contributed by atoms with Gasteiger partial charge in [-0.2, -0.15) is 0 Å². The van der Waals surface area contributed by atoms with Gasteiger partial charge in [0.15, 0.2) is 0 Å². The minimum atomic E-state index is -0.473. The first-order valence-corrected chi connectivity index (χ1v) is 6.42. The number of halogens is 3. The van der Waals surface area contributed by atoms with Crippen LogP contribution < -0.4 is 5.32 Å². The fourth-order valence-corrected chi connectivity index (χ4v) is 1.97. The van der Waals surface area contributed by atoms with Crippen LogP contribution in [0.3, 0.4) is 0 Å². The van der Waals surface area contributed by atoms with E-state index in [0.717, 1.165) is 6.07 Å². The van der Waals surface area contributed by atoms with Crippen molar-refractivity contribution in [2.24, 2.45) is 0 Å². The second-order valence-corrected chi connectivity index (χ2v) is 4.67. The predicted molar refractivity (Wildman–Crippen MR) is 74.8 cm³/mol. The van der Waals surface area contributed by atoms with Crippen LogP contribution in [0, 0.1) is 11.6 Å². The zero-order chi connectivity index (χ0) is 14.5. The number of benzene rings is 2. The zero-order valence-corrected chi connectivity index (χ0v) is 11.3. The highest BCUT2D eigenvalue weighted by Gasteiger charge is 2.08. The molecule has 2 aromatic rings. The molecular formula is C15H12ClF2NO. The highest BCUT2D eigenvalue weighted by molar-refractivity contribution is 6.33. The first-order valence-electron chi connectivity index (χ1n) is 6.04. The molecule has 2 aromatic carbocycles. The Labute approximate surface area is 120 Å². The maximum Gasteiger partial charge on any atom is 0.224 e. The molecule has 0 aromatic heterocycles. The Morgan fingerprint density at radius 3 is 2.60 bits per heavy atom. The number of carbonyl (C=O) groups is 1. The molecule has 1 N–H and O–H groups in total. The highest BCUT2D eigenvalue weighted by Crippen LogP contribution is 2.22. The van der Waals surface area contributed by atoms with E-state index < -0.39 is 5.82 Å². The molecule has 0 saturated carbocycles. The van der Waals surface area contributed by atoms with Gasteiger partial charge in [-0.1, -0.05) is 29.8 Å². The first kappa shape index (κ1) is 14.5. The van der Waals surface area contributed by atoms with Gasteiger partial charge >= 0.3 is 0 Å². The van der Waals surface area contributed by atoms with Crippen molar-refractivity contribution in [2.75, 3.05) is 5.32 Å². The van der Waals surface area contributed by atoms with Crippen molar-refractivity contribution in [3.05, 3.63) is 64.7 Å². The monoisotopic (exact) mass is 295 g/mol. The van der Waals surface area contributed by atoms with E-state index in [2.05, 4.69) is 5.32 Å². The smallest absolute Gasteiger partial charge is 0.224 e. The molecule has 20 heavy (non-hydrogen) atoms. The van der Waals surface area contributed by atoms with E-state index in [1.165, 1.54) is 18.2 Å².